The predicted octanol–water partition coefficient (Wildman–Crippen LogP) is 3.79. The standard InChI is InChI=1S/C17H15F3N2O2/c1-11-8-12(6-7-15(11)24-2)10-21-22-16(23)13-4-3-5-14(9-13)17(18,19)20/h3-10H,1-2H3,(H,22,23)/b21-10-. The van der Waals surface area contributed by atoms with Gasteiger partial charge in [0.2, 0.25) is 0 Å². The zero-order chi connectivity index (χ0) is 17.7. The molecular weight excluding hydrogens is 321 g/mol. The monoisotopic (exact) mass is 336 g/mol. The number of ether oxygens (including phenoxy) is 1. The highest BCUT2D eigenvalue weighted by Gasteiger charge is 2.30. The molecule has 0 saturated carbocycles. The zero-order valence-electron chi connectivity index (χ0n) is 13.0. The molecule has 126 valence electrons. The Labute approximate surface area is 137 Å². The molecule has 0 unspecified atom stereocenters. The van der Waals surface area contributed by atoms with Crippen LogP contribution in [0, 0.1) is 6.92 Å². The Morgan fingerprint density at radius 2 is 1.96 bits per heavy atom. The maximum atomic E-state index is 12.6. The first-order chi connectivity index (χ1) is 11.3. The van der Waals surface area contributed by atoms with E-state index in [9.17, 15) is 18.0 Å². The molecule has 0 aliphatic carbocycles. The quantitative estimate of drug-likeness (QED) is 0.682. The minimum atomic E-state index is -4.50. The topological polar surface area (TPSA) is 50.7 Å². The van der Waals surface area contributed by atoms with E-state index in [0.717, 1.165) is 29.0 Å². The summed E-state index contributed by atoms with van der Waals surface area (Å²) < 4.78 is 43.0. The number of methoxy groups -OCH3 is 1. The van der Waals surface area contributed by atoms with E-state index in [1.165, 1.54) is 18.3 Å². The number of hydrazone groups is 1. The average Bonchev–Trinajstić information content (AvgIpc) is 2.54. The summed E-state index contributed by atoms with van der Waals surface area (Å²) in [5.41, 5.74) is 2.82. The summed E-state index contributed by atoms with van der Waals surface area (Å²) in [6.45, 7) is 1.86. The second-order valence-electron chi connectivity index (χ2n) is 5.01. The molecule has 0 radical (unpaired) electrons. The molecule has 2 aromatic carbocycles. The van der Waals surface area contributed by atoms with Crippen LogP contribution in [-0.2, 0) is 6.18 Å². The molecule has 0 saturated heterocycles. The number of aryl methyl sites for hydroxylation is 1. The van der Waals surface area contributed by atoms with Crippen LogP contribution in [0.15, 0.2) is 47.6 Å². The average molecular weight is 336 g/mol. The number of carbonyl (C=O) groups is 1. The van der Waals surface area contributed by atoms with Crippen molar-refractivity contribution in [3.05, 3.63) is 64.7 Å². The molecule has 2 aromatic rings. The summed E-state index contributed by atoms with van der Waals surface area (Å²) in [7, 11) is 1.56. The van der Waals surface area contributed by atoms with Gasteiger partial charge in [-0.25, -0.2) is 5.43 Å². The first kappa shape index (κ1) is 17.5. The fraction of sp³-hybridized carbons (Fsp3) is 0.176. The summed E-state index contributed by atoms with van der Waals surface area (Å²) >= 11 is 0. The van der Waals surface area contributed by atoms with Crippen molar-refractivity contribution >= 4 is 12.1 Å². The van der Waals surface area contributed by atoms with Gasteiger partial charge in [-0.2, -0.15) is 18.3 Å². The largest absolute Gasteiger partial charge is 0.496 e. The third-order valence-corrected chi connectivity index (χ3v) is 3.25. The van der Waals surface area contributed by atoms with Crippen molar-refractivity contribution in [2.75, 3.05) is 7.11 Å². The highest BCUT2D eigenvalue weighted by atomic mass is 19.4. The lowest BCUT2D eigenvalue weighted by atomic mass is 10.1. The van der Waals surface area contributed by atoms with E-state index >= 15 is 0 Å². The molecule has 7 heteroatoms. The van der Waals surface area contributed by atoms with Crippen LogP contribution in [0.3, 0.4) is 0 Å². The molecule has 4 nitrogen and oxygen atoms in total. The fourth-order valence-corrected chi connectivity index (χ4v) is 2.05. The van der Waals surface area contributed by atoms with E-state index in [-0.39, 0.29) is 5.56 Å². The Morgan fingerprint density at radius 1 is 1.21 bits per heavy atom. The minimum Gasteiger partial charge on any atom is -0.496 e. The third-order valence-electron chi connectivity index (χ3n) is 3.25. The first-order valence-corrected chi connectivity index (χ1v) is 6.96. The number of carbonyl (C=O) groups excluding carboxylic acids is 1. The van der Waals surface area contributed by atoms with Gasteiger partial charge in [-0.05, 0) is 54.4 Å². The van der Waals surface area contributed by atoms with Crippen molar-refractivity contribution in [2.45, 2.75) is 13.1 Å². The minimum absolute atomic E-state index is 0.118. The van der Waals surface area contributed by atoms with Crippen molar-refractivity contribution in [3.8, 4) is 5.75 Å². The second-order valence-corrected chi connectivity index (χ2v) is 5.01. The van der Waals surface area contributed by atoms with E-state index in [1.54, 1.807) is 25.3 Å². The van der Waals surface area contributed by atoms with Crippen molar-refractivity contribution < 1.29 is 22.7 Å². The highest BCUT2D eigenvalue weighted by Crippen LogP contribution is 2.29. The molecule has 1 amide bonds. The van der Waals surface area contributed by atoms with Gasteiger partial charge in [-0.3, -0.25) is 4.79 Å². The molecule has 0 heterocycles. The number of hydrogen-bond acceptors (Lipinski definition) is 3. The van der Waals surface area contributed by atoms with Crippen LogP contribution in [0.5, 0.6) is 5.75 Å². The number of alkyl halides is 3. The van der Waals surface area contributed by atoms with Gasteiger partial charge in [0.15, 0.2) is 0 Å². The molecule has 0 fully saturated rings. The third kappa shape index (κ3) is 4.34. The summed E-state index contributed by atoms with van der Waals surface area (Å²) in [5, 5.41) is 3.76. The van der Waals surface area contributed by atoms with Gasteiger partial charge in [0, 0.05) is 5.56 Å². The van der Waals surface area contributed by atoms with Crippen LogP contribution in [0.25, 0.3) is 0 Å². The van der Waals surface area contributed by atoms with Crippen molar-refractivity contribution in [1.29, 1.82) is 0 Å². The molecule has 1 N–H and O–H groups in total. The van der Waals surface area contributed by atoms with Crippen LogP contribution < -0.4 is 10.2 Å². The SMILES string of the molecule is COc1ccc(/C=N\NC(=O)c2cccc(C(F)(F)F)c2)cc1C. The Hall–Kier alpha value is -2.83. The van der Waals surface area contributed by atoms with E-state index in [4.69, 9.17) is 4.74 Å². The summed E-state index contributed by atoms with van der Waals surface area (Å²) in [5.74, 6) is 0.00253. The van der Waals surface area contributed by atoms with Crippen LogP contribution in [-0.4, -0.2) is 19.2 Å². The molecule has 0 aliphatic heterocycles. The number of benzene rings is 2. The Kier molecular flexibility index (Phi) is 5.23. The molecule has 0 aromatic heterocycles. The lowest BCUT2D eigenvalue weighted by molar-refractivity contribution is -0.137. The van der Waals surface area contributed by atoms with E-state index in [1.807, 2.05) is 6.92 Å². The van der Waals surface area contributed by atoms with E-state index in [0.29, 0.717) is 0 Å². The normalized spacial score (nSPS) is 11.5. The van der Waals surface area contributed by atoms with E-state index in [2.05, 4.69) is 10.5 Å². The number of nitrogens with zero attached hydrogens (tertiary/aromatic N) is 1. The van der Waals surface area contributed by atoms with Gasteiger partial charge in [0.05, 0.1) is 18.9 Å². The summed E-state index contributed by atoms with van der Waals surface area (Å²) in [6, 6.07) is 9.45. The lowest BCUT2D eigenvalue weighted by Crippen LogP contribution is -2.18. The van der Waals surface area contributed by atoms with E-state index < -0.39 is 17.6 Å². The predicted molar refractivity (Wildman–Crippen MR) is 84.2 cm³/mol. The Morgan fingerprint density at radius 3 is 2.58 bits per heavy atom. The fourth-order valence-electron chi connectivity index (χ4n) is 2.05. The Bertz CT molecular complexity index is 771. The van der Waals surface area contributed by atoms with Gasteiger partial charge >= 0.3 is 6.18 Å². The van der Waals surface area contributed by atoms with Crippen molar-refractivity contribution in [2.24, 2.45) is 5.10 Å². The smallest absolute Gasteiger partial charge is 0.416 e. The maximum Gasteiger partial charge on any atom is 0.416 e. The van der Waals surface area contributed by atoms with Gasteiger partial charge < -0.3 is 4.74 Å². The van der Waals surface area contributed by atoms with Gasteiger partial charge in [-0.15, -0.1) is 0 Å². The van der Waals surface area contributed by atoms with Crippen LogP contribution in [0.1, 0.15) is 27.0 Å². The highest BCUT2D eigenvalue weighted by molar-refractivity contribution is 5.95. The lowest BCUT2D eigenvalue weighted by Gasteiger charge is -2.07. The molecule has 2 rings (SSSR count). The first-order valence-electron chi connectivity index (χ1n) is 6.96. The van der Waals surface area contributed by atoms with Crippen LogP contribution in [0.4, 0.5) is 13.2 Å². The molecule has 24 heavy (non-hydrogen) atoms. The van der Waals surface area contributed by atoms with Gasteiger partial charge in [0.1, 0.15) is 5.75 Å². The van der Waals surface area contributed by atoms with Gasteiger partial charge in [-0.1, -0.05) is 6.07 Å². The summed E-state index contributed by atoms with van der Waals surface area (Å²) in [6.07, 6.45) is -3.10. The van der Waals surface area contributed by atoms with Crippen molar-refractivity contribution in [3.63, 3.8) is 0 Å². The Balaban J connectivity index is 2.06. The molecular formula is C17H15F3N2O2. The number of halogens is 3. The van der Waals surface area contributed by atoms with Crippen LogP contribution >= 0.6 is 0 Å². The van der Waals surface area contributed by atoms with Crippen molar-refractivity contribution in [1.82, 2.24) is 5.43 Å². The molecule has 0 atom stereocenters. The molecule has 0 bridgehead atoms. The summed E-state index contributed by atoms with van der Waals surface area (Å²) in [4.78, 5) is 11.9. The van der Waals surface area contributed by atoms with Gasteiger partial charge in [0.25, 0.3) is 5.91 Å². The number of rotatable bonds is 4. The molecule has 0 spiro atoms. The molecule has 0 aliphatic rings. The van der Waals surface area contributed by atoms with Crippen LogP contribution in [0.2, 0.25) is 0 Å². The number of hydrogen-bond donors (Lipinski definition) is 1. The second kappa shape index (κ2) is 7.16. The number of amides is 1. The maximum absolute atomic E-state index is 12.6. The zero-order valence-corrected chi connectivity index (χ0v) is 13.0. The number of nitrogens with one attached hydrogen (secondary N) is 1.